The first-order valence-corrected chi connectivity index (χ1v) is 10.5. The third-order valence-electron chi connectivity index (χ3n) is 5.49. The van der Waals surface area contributed by atoms with E-state index in [-0.39, 0.29) is 5.91 Å². The monoisotopic (exact) mass is 404 g/mol. The summed E-state index contributed by atoms with van der Waals surface area (Å²) in [5.41, 5.74) is 4.90. The van der Waals surface area contributed by atoms with Gasteiger partial charge in [0, 0.05) is 35.9 Å². The summed E-state index contributed by atoms with van der Waals surface area (Å²) in [6.45, 7) is 9.73. The van der Waals surface area contributed by atoms with E-state index in [1.54, 1.807) is 6.07 Å². The predicted octanol–water partition coefficient (Wildman–Crippen LogP) is 4.81. The fourth-order valence-electron chi connectivity index (χ4n) is 3.91. The average molecular weight is 405 g/mol. The maximum atomic E-state index is 12.9. The molecule has 0 atom stereocenters. The van der Waals surface area contributed by atoms with Crippen LogP contribution in [0.2, 0.25) is 0 Å². The van der Waals surface area contributed by atoms with Crippen LogP contribution in [0.4, 0.5) is 0 Å². The molecule has 3 aromatic heterocycles. The molecule has 6 nitrogen and oxygen atoms in total. The number of fused-ring (bicyclic) bond motifs is 2. The summed E-state index contributed by atoms with van der Waals surface area (Å²) < 4.78 is 7.58. The highest BCUT2D eigenvalue weighted by atomic mass is 16.5. The summed E-state index contributed by atoms with van der Waals surface area (Å²) in [4.78, 5) is 17.2. The average Bonchev–Trinajstić information content (AvgIpc) is 3.26. The van der Waals surface area contributed by atoms with Crippen LogP contribution in [0.25, 0.3) is 22.0 Å². The van der Waals surface area contributed by atoms with E-state index in [4.69, 9.17) is 4.52 Å². The number of hydrogen-bond acceptors (Lipinski definition) is 4. The normalized spacial score (nSPS) is 11.6. The number of rotatable bonds is 7. The summed E-state index contributed by atoms with van der Waals surface area (Å²) in [7, 11) is 0. The molecule has 0 radical (unpaired) electrons. The molecule has 156 valence electrons. The van der Waals surface area contributed by atoms with Crippen LogP contribution in [-0.4, -0.2) is 27.2 Å². The molecule has 4 rings (SSSR count). The Morgan fingerprint density at radius 1 is 1.23 bits per heavy atom. The summed E-state index contributed by atoms with van der Waals surface area (Å²) in [5.74, 6) is 0.538. The minimum Gasteiger partial charge on any atom is -0.352 e. The van der Waals surface area contributed by atoms with Crippen LogP contribution in [-0.2, 0) is 13.0 Å². The number of carbonyl (C=O) groups is 1. The minimum absolute atomic E-state index is 0.125. The van der Waals surface area contributed by atoms with Gasteiger partial charge in [0.25, 0.3) is 11.6 Å². The Labute approximate surface area is 176 Å². The lowest BCUT2D eigenvalue weighted by Gasteiger charge is -2.07. The molecule has 1 amide bonds. The van der Waals surface area contributed by atoms with Crippen molar-refractivity contribution in [2.75, 3.05) is 6.54 Å². The number of nitrogens with one attached hydrogen (secondary N) is 1. The molecule has 6 heteroatoms. The molecule has 0 unspecified atom stereocenters. The number of aromatic nitrogens is 3. The van der Waals surface area contributed by atoms with Crippen LogP contribution < -0.4 is 5.32 Å². The molecule has 0 fully saturated rings. The molecule has 0 aliphatic heterocycles. The number of carbonyl (C=O) groups excluding carboxylic acids is 1. The minimum atomic E-state index is -0.125. The van der Waals surface area contributed by atoms with Gasteiger partial charge in [-0.3, -0.25) is 4.79 Å². The summed E-state index contributed by atoms with van der Waals surface area (Å²) in [6, 6.07) is 10.3. The first-order chi connectivity index (χ1) is 14.4. The van der Waals surface area contributed by atoms with Crippen LogP contribution in [0, 0.1) is 19.8 Å². The van der Waals surface area contributed by atoms with Crippen molar-refractivity contribution in [3.63, 3.8) is 0 Å². The van der Waals surface area contributed by atoms with Crippen LogP contribution in [0.3, 0.4) is 0 Å². The van der Waals surface area contributed by atoms with Gasteiger partial charge in [0.15, 0.2) is 0 Å². The summed E-state index contributed by atoms with van der Waals surface area (Å²) >= 11 is 0. The van der Waals surface area contributed by atoms with Crippen molar-refractivity contribution in [2.45, 2.75) is 47.1 Å². The van der Waals surface area contributed by atoms with E-state index in [0.717, 1.165) is 25.1 Å². The molecular weight excluding hydrogens is 376 g/mol. The number of aryl methyl sites for hydroxylation is 3. The Balaban J connectivity index is 1.50. The molecule has 3 heterocycles. The molecule has 0 saturated heterocycles. The van der Waals surface area contributed by atoms with Gasteiger partial charge in [-0.2, -0.15) is 0 Å². The van der Waals surface area contributed by atoms with Crippen molar-refractivity contribution in [2.24, 2.45) is 5.92 Å². The maximum Gasteiger partial charge on any atom is 0.258 e. The molecule has 0 saturated carbocycles. The number of benzene rings is 1. The van der Waals surface area contributed by atoms with Crippen molar-refractivity contribution >= 4 is 27.9 Å². The lowest BCUT2D eigenvalue weighted by Crippen LogP contribution is -2.26. The number of para-hydroxylation sites is 1. The molecule has 1 N–H and O–H groups in total. The highest BCUT2D eigenvalue weighted by molar-refractivity contribution is 6.06. The smallest absolute Gasteiger partial charge is 0.258 e. The van der Waals surface area contributed by atoms with E-state index in [0.29, 0.717) is 34.8 Å². The molecule has 0 aliphatic carbocycles. The zero-order chi connectivity index (χ0) is 21.3. The summed E-state index contributed by atoms with van der Waals surface area (Å²) in [5, 5.41) is 8.96. The Bertz CT molecular complexity index is 1200. The zero-order valence-corrected chi connectivity index (χ0v) is 18.0. The molecule has 0 bridgehead atoms. The van der Waals surface area contributed by atoms with Gasteiger partial charge in [-0.1, -0.05) is 37.2 Å². The number of hydrogen-bond donors (Lipinski definition) is 1. The largest absolute Gasteiger partial charge is 0.352 e. The van der Waals surface area contributed by atoms with Gasteiger partial charge in [-0.25, -0.2) is 4.98 Å². The fourth-order valence-corrected chi connectivity index (χ4v) is 3.91. The van der Waals surface area contributed by atoms with Crippen molar-refractivity contribution in [3.8, 4) is 0 Å². The van der Waals surface area contributed by atoms with Crippen LogP contribution >= 0.6 is 0 Å². The van der Waals surface area contributed by atoms with Crippen LogP contribution in [0.1, 0.15) is 47.6 Å². The quantitative estimate of drug-likeness (QED) is 0.480. The fraction of sp³-hybridized carbons (Fsp3) is 0.375. The lowest BCUT2D eigenvalue weighted by atomic mass is 10.1. The molecule has 0 spiro atoms. The highest BCUT2D eigenvalue weighted by Crippen LogP contribution is 2.24. The van der Waals surface area contributed by atoms with E-state index in [9.17, 15) is 4.79 Å². The van der Waals surface area contributed by atoms with Crippen molar-refractivity contribution in [1.29, 1.82) is 0 Å². The van der Waals surface area contributed by atoms with E-state index in [1.807, 2.05) is 13.8 Å². The highest BCUT2D eigenvalue weighted by Gasteiger charge is 2.18. The first kappa shape index (κ1) is 20.1. The maximum absolute atomic E-state index is 12.9. The number of nitrogens with zero attached hydrogens (tertiary/aromatic N) is 3. The van der Waals surface area contributed by atoms with Crippen molar-refractivity contribution < 1.29 is 9.32 Å². The van der Waals surface area contributed by atoms with Crippen molar-refractivity contribution in [1.82, 2.24) is 20.0 Å². The third-order valence-corrected chi connectivity index (χ3v) is 5.49. The Morgan fingerprint density at radius 3 is 2.83 bits per heavy atom. The van der Waals surface area contributed by atoms with Gasteiger partial charge >= 0.3 is 0 Å². The van der Waals surface area contributed by atoms with E-state index >= 15 is 0 Å². The second-order valence-electron chi connectivity index (χ2n) is 8.31. The van der Waals surface area contributed by atoms with Crippen LogP contribution in [0.5, 0.6) is 0 Å². The second-order valence-corrected chi connectivity index (χ2v) is 8.31. The van der Waals surface area contributed by atoms with Crippen LogP contribution in [0.15, 0.2) is 41.1 Å². The molecule has 1 aromatic carbocycles. The van der Waals surface area contributed by atoms with Gasteiger partial charge in [-0.15, -0.1) is 0 Å². The Kier molecular flexibility index (Phi) is 5.57. The van der Waals surface area contributed by atoms with E-state index < -0.39 is 0 Å². The Morgan fingerprint density at radius 2 is 2.03 bits per heavy atom. The predicted molar refractivity (Wildman–Crippen MR) is 119 cm³/mol. The van der Waals surface area contributed by atoms with E-state index in [1.165, 1.54) is 16.5 Å². The first-order valence-electron chi connectivity index (χ1n) is 10.5. The van der Waals surface area contributed by atoms with Gasteiger partial charge in [0.1, 0.15) is 0 Å². The summed E-state index contributed by atoms with van der Waals surface area (Å²) in [6.07, 6.45) is 4.15. The molecular formula is C24H28N4O2. The third kappa shape index (κ3) is 3.95. The second kappa shape index (κ2) is 8.30. The van der Waals surface area contributed by atoms with Gasteiger partial charge < -0.3 is 14.4 Å². The Hall–Kier alpha value is -3.15. The standard InChI is InChI=1S/C24H28N4O2/c1-15(2)10-12-28-14-18(19-7-5-6-8-21(19)28)9-11-25-23(29)20-13-16(3)26-24-22(20)17(4)27-30-24/h5-8,13-15H,9-12H2,1-4H3,(H,25,29). The molecule has 30 heavy (non-hydrogen) atoms. The molecule has 4 aromatic rings. The molecule has 0 aliphatic rings. The van der Waals surface area contributed by atoms with Gasteiger partial charge in [0.2, 0.25) is 0 Å². The number of pyridine rings is 1. The van der Waals surface area contributed by atoms with Crippen molar-refractivity contribution in [3.05, 3.63) is 59.0 Å². The topological polar surface area (TPSA) is 73.0 Å². The van der Waals surface area contributed by atoms with E-state index in [2.05, 4.69) is 64.3 Å². The SMILES string of the molecule is Cc1cc(C(=O)NCCc2cn(CCC(C)C)c3ccccc23)c2c(C)noc2n1. The van der Waals surface area contributed by atoms with Gasteiger partial charge in [-0.05, 0) is 50.3 Å². The number of amides is 1. The zero-order valence-electron chi connectivity index (χ0n) is 18.0. The van der Waals surface area contributed by atoms with Gasteiger partial charge in [0.05, 0.1) is 16.6 Å². The lowest BCUT2D eigenvalue weighted by molar-refractivity contribution is 0.0955.